The first kappa shape index (κ1) is 22.7. The van der Waals surface area contributed by atoms with E-state index >= 15 is 0 Å². The molecule has 33 heavy (non-hydrogen) atoms. The molecular formula is C24H26F2N4O3. The summed E-state index contributed by atoms with van der Waals surface area (Å²) in [7, 11) is 0. The summed E-state index contributed by atoms with van der Waals surface area (Å²) in [5, 5.41) is 11.5. The number of amides is 1. The number of hydrogen-bond acceptors (Lipinski definition) is 5. The maximum Gasteiger partial charge on any atom is 0.407 e. The molecule has 4 rings (SSSR count). The third-order valence-electron chi connectivity index (χ3n) is 5.15. The highest BCUT2D eigenvalue weighted by Gasteiger charge is 2.26. The molecule has 1 aliphatic heterocycles. The maximum atomic E-state index is 14.3. The molecule has 1 aromatic heterocycles. The number of ether oxygens (including phenoxy) is 2. The number of nitrogens with one attached hydrogen (secondary N) is 1. The van der Waals surface area contributed by atoms with Crippen LogP contribution < -0.4 is 10.1 Å². The number of carbonyl (C=O) groups excluding carboxylic acids is 1. The Kier molecular flexibility index (Phi) is 6.31. The predicted molar refractivity (Wildman–Crippen MR) is 118 cm³/mol. The molecule has 0 saturated heterocycles. The molecule has 2 aromatic carbocycles. The number of alkyl carbamates (subject to hydrolysis) is 1. The fourth-order valence-electron chi connectivity index (χ4n) is 3.78. The van der Waals surface area contributed by atoms with Crippen molar-refractivity contribution in [1.29, 1.82) is 0 Å². The number of carbonyl (C=O) groups is 1. The van der Waals surface area contributed by atoms with E-state index in [4.69, 9.17) is 9.47 Å². The van der Waals surface area contributed by atoms with E-state index in [1.54, 1.807) is 20.8 Å². The van der Waals surface area contributed by atoms with Crippen LogP contribution >= 0.6 is 0 Å². The van der Waals surface area contributed by atoms with Crippen LogP contribution in [0.5, 0.6) is 5.75 Å². The summed E-state index contributed by atoms with van der Waals surface area (Å²) in [6.45, 7) is 6.20. The minimum absolute atomic E-state index is 0.0537. The van der Waals surface area contributed by atoms with Gasteiger partial charge < -0.3 is 19.4 Å². The maximum absolute atomic E-state index is 14.3. The number of fused-ring (bicyclic) bond motifs is 3. The average molecular weight is 456 g/mol. The summed E-state index contributed by atoms with van der Waals surface area (Å²) < 4.78 is 41.2. The second-order valence-electron chi connectivity index (χ2n) is 8.92. The third-order valence-corrected chi connectivity index (χ3v) is 5.15. The molecule has 0 spiro atoms. The SMILES string of the molecule is CC(C)(C)OC(=O)N[C@H](Cc1cc(F)ccc1F)Cc1nnc2n1CCOc1ccccc1-2. The van der Waals surface area contributed by atoms with Crippen molar-refractivity contribution < 1.29 is 23.0 Å². The standard InChI is InChI=1S/C24H26F2N4O3/c1-24(2,3)33-23(31)27-17(13-15-12-16(25)8-9-19(15)26)14-21-28-29-22-18-6-4-5-7-20(18)32-11-10-30(21)22/h4-9,12,17H,10-11,13-14H2,1-3H3,(H,27,31)/t17-/m1/s1. The Labute approximate surface area is 190 Å². The molecule has 2 heterocycles. The van der Waals surface area contributed by atoms with Crippen molar-refractivity contribution in [1.82, 2.24) is 20.1 Å². The lowest BCUT2D eigenvalue weighted by atomic mass is 10.0. The minimum Gasteiger partial charge on any atom is -0.491 e. The molecule has 7 nitrogen and oxygen atoms in total. The lowest BCUT2D eigenvalue weighted by molar-refractivity contribution is 0.0503. The van der Waals surface area contributed by atoms with Crippen molar-refractivity contribution >= 4 is 6.09 Å². The Morgan fingerprint density at radius 3 is 2.76 bits per heavy atom. The summed E-state index contributed by atoms with van der Waals surface area (Å²) in [5.74, 6) is 0.886. The predicted octanol–water partition coefficient (Wildman–Crippen LogP) is 4.29. The van der Waals surface area contributed by atoms with Crippen LogP contribution in [0.1, 0.15) is 32.2 Å². The Balaban J connectivity index is 1.62. The van der Waals surface area contributed by atoms with Crippen molar-refractivity contribution in [3.05, 3.63) is 65.5 Å². The number of aromatic nitrogens is 3. The van der Waals surface area contributed by atoms with Gasteiger partial charge in [-0.05, 0) is 63.1 Å². The van der Waals surface area contributed by atoms with Crippen molar-refractivity contribution in [3.8, 4) is 17.1 Å². The lowest BCUT2D eigenvalue weighted by Crippen LogP contribution is -2.42. The number of nitrogens with zero attached hydrogens (tertiary/aromatic N) is 3. The quantitative estimate of drug-likeness (QED) is 0.620. The number of hydrogen-bond donors (Lipinski definition) is 1. The number of halogens is 2. The van der Waals surface area contributed by atoms with Gasteiger partial charge in [-0.3, -0.25) is 0 Å². The van der Waals surface area contributed by atoms with Gasteiger partial charge in [-0.25, -0.2) is 13.6 Å². The van der Waals surface area contributed by atoms with Gasteiger partial charge in [0.1, 0.15) is 35.4 Å². The Morgan fingerprint density at radius 1 is 1.18 bits per heavy atom. The molecular weight excluding hydrogens is 430 g/mol. The molecule has 0 aliphatic carbocycles. The highest BCUT2D eigenvalue weighted by molar-refractivity contribution is 5.68. The highest BCUT2D eigenvalue weighted by atomic mass is 19.1. The minimum atomic E-state index is -0.703. The lowest BCUT2D eigenvalue weighted by Gasteiger charge is -2.24. The van der Waals surface area contributed by atoms with Crippen LogP contribution in [-0.4, -0.2) is 39.1 Å². The normalized spacial score (nSPS) is 13.8. The summed E-state index contributed by atoms with van der Waals surface area (Å²) >= 11 is 0. The van der Waals surface area contributed by atoms with Gasteiger partial charge in [-0.15, -0.1) is 10.2 Å². The highest BCUT2D eigenvalue weighted by Crippen LogP contribution is 2.31. The molecule has 0 unspecified atom stereocenters. The molecule has 1 N–H and O–H groups in total. The van der Waals surface area contributed by atoms with Gasteiger partial charge in [0.05, 0.1) is 12.1 Å². The van der Waals surface area contributed by atoms with Gasteiger partial charge in [-0.2, -0.15) is 0 Å². The summed E-state index contributed by atoms with van der Waals surface area (Å²) in [6, 6.07) is 10.2. The zero-order valence-corrected chi connectivity index (χ0v) is 18.8. The van der Waals surface area contributed by atoms with E-state index in [-0.39, 0.29) is 18.4 Å². The topological polar surface area (TPSA) is 78.3 Å². The number of para-hydroxylation sites is 1. The van der Waals surface area contributed by atoms with E-state index in [0.29, 0.717) is 24.8 Å². The Morgan fingerprint density at radius 2 is 1.97 bits per heavy atom. The first-order valence-electron chi connectivity index (χ1n) is 10.8. The van der Waals surface area contributed by atoms with Crippen molar-refractivity contribution in [2.24, 2.45) is 0 Å². The van der Waals surface area contributed by atoms with Gasteiger partial charge in [-0.1, -0.05) is 12.1 Å². The molecule has 0 radical (unpaired) electrons. The zero-order chi connectivity index (χ0) is 23.6. The van der Waals surface area contributed by atoms with Crippen molar-refractivity contribution in [3.63, 3.8) is 0 Å². The van der Waals surface area contributed by atoms with Crippen LogP contribution in [0.2, 0.25) is 0 Å². The van der Waals surface area contributed by atoms with Crippen LogP contribution in [0.25, 0.3) is 11.4 Å². The second kappa shape index (κ2) is 9.17. The third kappa shape index (κ3) is 5.47. The van der Waals surface area contributed by atoms with Gasteiger partial charge in [0.2, 0.25) is 0 Å². The van der Waals surface area contributed by atoms with E-state index in [1.807, 2.05) is 28.8 Å². The van der Waals surface area contributed by atoms with Crippen molar-refractivity contribution in [2.45, 2.75) is 51.8 Å². The summed E-state index contributed by atoms with van der Waals surface area (Å²) in [6.07, 6.45) is -0.351. The summed E-state index contributed by atoms with van der Waals surface area (Å²) in [4.78, 5) is 12.5. The fourth-order valence-corrected chi connectivity index (χ4v) is 3.78. The zero-order valence-electron chi connectivity index (χ0n) is 18.8. The number of benzene rings is 2. The second-order valence-corrected chi connectivity index (χ2v) is 8.92. The van der Waals surface area contributed by atoms with Crippen molar-refractivity contribution in [2.75, 3.05) is 6.61 Å². The Hall–Kier alpha value is -3.49. The molecule has 1 amide bonds. The fraction of sp³-hybridized carbons (Fsp3) is 0.375. The average Bonchev–Trinajstić information content (AvgIpc) is 3.02. The first-order chi connectivity index (χ1) is 15.7. The molecule has 1 atom stereocenters. The van der Waals surface area contributed by atoms with Crippen LogP contribution in [0.3, 0.4) is 0 Å². The molecule has 0 bridgehead atoms. The molecule has 3 aromatic rings. The van der Waals surface area contributed by atoms with Crippen LogP contribution in [0, 0.1) is 11.6 Å². The van der Waals surface area contributed by atoms with E-state index in [1.165, 1.54) is 0 Å². The largest absolute Gasteiger partial charge is 0.491 e. The van der Waals surface area contributed by atoms with E-state index < -0.39 is 29.4 Å². The molecule has 0 fully saturated rings. The molecule has 1 aliphatic rings. The molecule has 9 heteroatoms. The van der Waals surface area contributed by atoms with Gasteiger partial charge in [0.15, 0.2) is 5.82 Å². The van der Waals surface area contributed by atoms with Crippen LogP contribution in [0.15, 0.2) is 42.5 Å². The number of rotatable bonds is 5. The van der Waals surface area contributed by atoms with Gasteiger partial charge in [0, 0.05) is 12.5 Å². The Bertz CT molecular complexity index is 1160. The van der Waals surface area contributed by atoms with Gasteiger partial charge in [0.25, 0.3) is 0 Å². The van der Waals surface area contributed by atoms with E-state index in [0.717, 1.165) is 29.5 Å². The van der Waals surface area contributed by atoms with E-state index in [9.17, 15) is 13.6 Å². The summed E-state index contributed by atoms with van der Waals surface area (Å²) in [5.41, 5.74) is 0.271. The van der Waals surface area contributed by atoms with Crippen LogP contribution in [-0.2, 0) is 24.1 Å². The van der Waals surface area contributed by atoms with Gasteiger partial charge >= 0.3 is 6.09 Å². The smallest absolute Gasteiger partial charge is 0.407 e. The monoisotopic (exact) mass is 456 g/mol. The molecule has 174 valence electrons. The van der Waals surface area contributed by atoms with E-state index in [2.05, 4.69) is 15.5 Å². The first-order valence-corrected chi connectivity index (χ1v) is 10.8. The molecule has 0 saturated carbocycles. The van der Waals surface area contributed by atoms with Crippen LogP contribution in [0.4, 0.5) is 13.6 Å².